The van der Waals surface area contributed by atoms with Crippen molar-refractivity contribution in [1.29, 1.82) is 0 Å². The highest BCUT2D eigenvalue weighted by molar-refractivity contribution is 5.48. The number of nitrogens with one attached hydrogen (secondary N) is 1. The van der Waals surface area contributed by atoms with Crippen LogP contribution in [0.2, 0.25) is 0 Å². The summed E-state index contributed by atoms with van der Waals surface area (Å²) >= 11 is 0. The van der Waals surface area contributed by atoms with Crippen molar-refractivity contribution in [3.05, 3.63) is 89.5 Å². The fourth-order valence-electron chi connectivity index (χ4n) is 2.60. The van der Waals surface area contributed by atoms with Crippen LogP contribution in [-0.2, 0) is 6.61 Å². The fraction of sp³-hybridized carbons (Fsp3) is 0.217. The second-order valence-electron chi connectivity index (χ2n) is 6.32. The minimum atomic E-state index is 0.570. The van der Waals surface area contributed by atoms with Crippen LogP contribution in [-0.4, -0.2) is 13.2 Å². The molecule has 0 aliphatic carbocycles. The second kappa shape index (κ2) is 8.95. The van der Waals surface area contributed by atoms with Crippen LogP contribution in [0.15, 0.2) is 72.8 Å². The first kappa shape index (κ1) is 17.9. The quantitative estimate of drug-likeness (QED) is 0.555. The van der Waals surface area contributed by atoms with Crippen LogP contribution in [0.25, 0.3) is 0 Å². The molecule has 3 rings (SSSR count). The Kier molecular flexibility index (Phi) is 6.15. The Morgan fingerprint density at radius 1 is 0.731 bits per heavy atom. The molecule has 3 aromatic rings. The van der Waals surface area contributed by atoms with Gasteiger partial charge in [-0.2, -0.15) is 0 Å². The molecule has 26 heavy (non-hydrogen) atoms. The fourth-order valence-corrected chi connectivity index (χ4v) is 2.60. The highest BCUT2D eigenvalue weighted by atomic mass is 16.5. The average molecular weight is 347 g/mol. The van der Waals surface area contributed by atoms with Gasteiger partial charge in [0.25, 0.3) is 0 Å². The Morgan fingerprint density at radius 3 is 2.35 bits per heavy atom. The molecule has 3 nitrogen and oxygen atoms in total. The summed E-state index contributed by atoms with van der Waals surface area (Å²) in [5.41, 5.74) is 4.72. The second-order valence-corrected chi connectivity index (χ2v) is 6.32. The van der Waals surface area contributed by atoms with Gasteiger partial charge in [-0.1, -0.05) is 42.5 Å². The van der Waals surface area contributed by atoms with Crippen molar-refractivity contribution in [3.63, 3.8) is 0 Å². The van der Waals surface area contributed by atoms with E-state index in [-0.39, 0.29) is 0 Å². The molecule has 1 N–H and O–H groups in total. The first-order valence-electron chi connectivity index (χ1n) is 8.91. The van der Waals surface area contributed by atoms with Crippen molar-refractivity contribution < 1.29 is 9.47 Å². The lowest BCUT2D eigenvalue weighted by molar-refractivity contribution is 0.306. The van der Waals surface area contributed by atoms with Gasteiger partial charge in [0.2, 0.25) is 0 Å². The van der Waals surface area contributed by atoms with Crippen LogP contribution in [0.3, 0.4) is 0 Å². The Hall–Kier alpha value is -2.94. The molecule has 0 saturated heterocycles. The summed E-state index contributed by atoms with van der Waals surface area (Å²) in [7, 11) is 0. The Labute approximate surface area is 155 Å². The molecule has 134 valence electrons. The van der Waals surface area contributed by atoms with Gasteiger partial charge in [-0.3, -0.25) is 0 Å². The molecule has 0 atom stereocenters. The molecule has 0 aliphatic rings. The Morgan fingerprint density at radius 2 is 1.54 bits per heavy atom. The summed E-state index contributed by atoms with van der Waals surface area (Å²) < 4.78 is 11.7. The van der Waals surface area contributed by atoms with Crippen molar-refractivity contribution in [2.45, 2.75) is 20.5 Å². The van der Waals surface area contributed by atoms with Crippen LogP contribution in [0.1, 0.15) is 16.7 Å². The smallest absolute Gasteiger partial charge is 0.121 e. The van der Waals surface area contributed by atoms with Gasteiger partial charge in [0.1, 0.15) is 24.7 Å². The number of benzene rings is 3. The Balaban J connectivity index is 1.45. The third kappa shape index (κ3) is 5.28. The standard InChI is InChI=1S/C23H25NO2/c1-18-11-12-23(15-19(18)2)25-14-13-24-21-9-6-10-22(16-21)26-17-20-7-4-3-5-8-20/h3-12,15-16,24H,13-14,17H2,1-2H3. The Bertz CT molecular complexity index is 831. The number of aryl methyl sites for hydroxylation is 2. The van der Waals surface area contributed by atoms with Crippen LogP contribution in [0.5, 0.6) is 11.5 Å². The van der Waals surface area contributed by atoms with Crippen molar-refractivity contribution in [2.75, 3.05) is 18.5 Å². The highest BCUT2D eigenvalue weighted by Crippen LogP contribution is 2.19. The van der Waals surface area contributed by atoms with E-state index in [1.807, 2.05) is 48.5 Å². The first-order valence-corrected chi connectivity index (χ1v) is 8.91. The molecular formula is C23H25NO2. The number of rotatable bonds is 8. The first-order chi connectivity index (χ1) is 12.7. The SMILES string of the molecule is Cc1ccc(OCCNc2cccc(OCc3ccccc3)c2)cc1C. The van der Waals surface area contributed by atoms with Crippen LogP contribution in [0.4, 0.5) is 5.69 Å². The lowest BCUT2D eigenvalue weighted by Crippen LogP contribution is -2.11. The molecule has 0 aromatic heterocycles. The van der Waals surface area contributed by atoms with Gasteiger partial charge in [0.05, 0.1) is 0 Å². The predicted molar refractivity (Wildman–Crippen MR) is 107 cm³/mol. The van der Waals surface area contributed by atoms with Gasteiger partial charge >= 0.3 is 0 Å². The van der Waals surface area contributed by atoms with Gasteiger partial charge in [-0.05, 0) is 54.8 Å². The van der Waals surface area contributed by atoms with Gasteiger partial charge in [-0.25, -0.2) is 0 Å². The summed E-state index contributed by atoms with van der Waals surface area (Å²) in [5, 5.41) is 3.37. The molecule has 0 bridgehead atoms. The molecule has 0 fully saturated rings. The summed E-state index contributed by atoms with van der Waals surface area (Å²) in [6, 6.07) is 24.4. The molecule has 0 amide bonds. The van der Waals surface area contributed by atoms with E-state index in [1.165, 1.54) is 11.1 Å². The lowest BCUT2D eigenvalue weighted by Gasteiger charge is -2.11. The highest BCUT2D eigenvalue weighted by Gasteiger charge is 2.00. The number of hydrogen-bond donors (Lipinski definition) is 1. The van der Waals surface area contributed by atoms with Gasteiger partial charge in [0, 0.05) is 18.3 Å². The average Bonchev–Trinajstić information content (AvgIpc) is 2.67. The van der Waals surface area contributed by atoms with E-state index in [2.05, 4.69) is 43.4 Å². The van der Waals surface area contributed by atoms with Crippen molar-refractivity contribution in [2.24, 2.45) is 0 Å². The van der Waals surface area contributed by atoms with Crippen LogP contribution in [0, 0.1) is 13.8 Å². The normalized spacial score (nSPS) is 10.4. The van der Waals surface area contributed by atoms with E-state index < -0.39 is 0 Å². The van der Waals surface area contributed by atoms with Gasteiger partial charge in [0.15, 0.2) is 0 Å². The molecule has 0 aliphatic heterocycles. The zero-order valence-corrected chi connectivity index (χ0v) is 15.4. The summed E-state index contributed by atoms with van der Waals surface area (Å²) in [4.78, 5) is 0. The minimum Gasteiger partial charge on any atom is -0.492 e. The molecule has 3 heteroatoms. The number of anilines is 1. The van der Waals surface area contributed by atoms with E-state index in [0.717, 1.165) is 29.3 Å². The summed E-state index contributed by atoms with van der Waals surface area (Å²) in [6.07, 6.45) is 0. The summed E-state index contributed by atoms with van der Waals surface area (Å²) in [5.74, 6) is 1.77. The zero-order valence-electron chi connectivity index (χ0n) is 15.4. The maximum atomic E-state index is 5.86. The molecule has 0 radical (unpaired) electrons. The molecular weight excluding hydrogens is 322 g/mol. The number of ether oxygens (including phenoxy) is 2. The van der Waals surface area contributed by atoms with Gasteiger partial charge in [-0.15, -0.1) is 0 Å². The van der Waals surface area contributed by atoms with Crippen molar-refractivity contribution in [1.82, 2.24) is 0 Å². The van der Waals surface area contributed by atoms with Crippen molar-refractivity contribution in [3.8, 4) is 11.5 Å². The van der Waals surface area contributed by atoms with Crippen LogP contribution >= 0.6 is 0 Å². The van der Waals surface area contributed by atoms with E-state index in [4.69, 9.17) is 9.47 Å². The third-order valence-corrected chi connectivity index (χ3v) is 4.26. The predicted octanol–water partition coefficient (Wildman–Crippen LogP) is 5.37. The van der Waals surface area contributed by atoms with E-state index in [0.29, 0.717) is 13.2 Å². The zero-order chi connectivity index (χ0) is 18.2. The molecule has 3 aromatic carbocycles. The maximum absolute atomic E-state index is 5.86. The monoisotopic (exact) mass is 347 g/mol. The largest absolute Gasteiger partial charge is 0.492 e. The molecule has 0 spiro atoms. The molecule has 0 unspecified atom stereocenters. The van der Waals surface area contributed by atoms with Crippen molar-refractivity contribution >= 4 is 5.69 Å². The van der Waals surface area contributed by atoms with Crippen LogP contribution < -0.4 is 14.8 Å². The minimum absolute atomic E-state index is 0.570. The maximum Gasteiger partial charge on any atom is 0.121 e. The third-order valence-electron chi connectivity index (χ3n) is 4.26. The topological polar surface area (TPSA) is 30.5 Å². The lowest BCUT2D eigenvalue weighted by atomic mass is 10.1. The van der Waals surface area contributed by atoms with E-state index >= 15 is 0 Å². The van der Waals surface area contributed by atoms with Gasteiger partial charge < -0.3 is 14.8 Å². The van der Waals surface area contributed by atoms with E-state index in [1.54, 1.807) is 0 Å². The molecule has 0 saturated carbocycles. The number of hydrogen-bond acceptors (Lipinski definition) is 3. The van der Waals surface area contributed by atoms with E-state index in [9.17, 15) is 0 Å². The molecule has 0 heterocycles. The summed E-state index contributed by atoms with van der Waals surface area (Å²) in [6.45, 7) is 6.11.